The minimum absolute atomic E-state index is 0.00756. The van der Waals surface area contributed by atoms with Crippen LogP contribution >= 0.6 is 0 Å². The number of nitrogens with zero attached hydrogens (tertiary/aromatic N) is 1. The molecule has 2 N–H and O–H groups in total. The Morgan fingerprint density at radius 2 is 2.04 bits per heavy atom. The molecule has 146 valence electrons. The Bertz CT molecular complexity index is 895. The number of para-hydroxylation sites is 1. The number of nitrogens with one attached hydrogen (secondary N) is 1. The molecular formula is C22H23FN2O3. The van der Waals surface area contributed by atoms with Crippen LogP contribution in [0.1, 0.15) is 35.2 Å². The molecule has 2 aliphatic heterocycles. The first-order chi connectivity index (χ1) is 13.6. The van der Waals surface area contributed by atoms with Crippen LogP contribution < -0.4 is 10.1 Å². The lowest BCUT2D eigenvalue weighted by molar-refractivity contribution is 0.0717. The number of phenolic OH excluding ortho intramolecular Hbond substituents is 1. The molecule has 6 heteroatoms. The van der Waals surface area contributed by atoms with E-state index in [-0.39, 0.29) is 23.2 Å². The van der Waals surface area contributed by atoms with Crippen molar-refractivity contribution in [2.75, 3.05) is 19.6 Å². The molecule has 5 nitrogen and oxygen atoms in total. The summed E-state index contributed by atoms with van der Waals surface area (Å²) in [5.41, 5.74) is 2.70. The fraction of sp³-hybridized carbons (Fsp3) is 0.318. The average molecular weight is 382 g/mol. The average Bonchev–Trinajstić information content (AvgIpc) is 2.70. The summed E-state index contributed by atoms with van der Waals surface area (Å²) < 4.78 is 18.8. The smallest absolute Gasteiger partial charge is 0.257 e. The van der Waals surface area contributed by atoms with Gasteiger partial charge in [0.15, 0.2) is 17.7 Å². The van der Waals surface area contributed by atoms with E-state index in [4.69, 9.17) is 4.74 Å². The molecule has 0 saturated heterocycles. The second-order valence-electron chi connectivity index (χ2n) is 7.16. The van der Waals surface area contributed by atoms with Crippen molar-refractivity contribution in [3.63, 3.8) is 0 Å². The Balaban J connectivity index is 1.27. The Morgan fingerprint density at radius 1 is 1.21 bits per heavy atom. The minimum atomic E-state index is -0.427. The van der Waals surface area contributed by atoms with Crippen molar-refractivity contribution < 1.29 is 19.0 Å². The summed E-state index contributed by atoms with van der Waals surface area (Å²) in [4.78, 5) is 14.5. The normalized spacial score (nSPS) is 19.4. The van der Waals surface area contributed by atoms with Crippen LogP contribution in [0.3, 0.4) is 0 Å². The number of hydrogen-bond acceptors (Lipinski definition) is 4. The maximum absolute atomic E-state index is 13.1. The van der Waals surface area contributed by atoms with Gasteiger partial charge in [-0.2, -0.15) is 0 Å². The highest BCUT2D eigenvalue weighted by molar-refractivity contribution is 5.98. The number of carbonyl (C=O) groups excluding carboxylic acids is 1. The zero-order chi connectivity index (χ0) is 19.5. The molecule has 0 radical (unpaired) electrons. The molecule has 2 heterocycles. The van der Waals surface area contributed by atoms with Crippen molar-refractivity contribution >= 4 is 11.5 Å². The number of ether oxygens (including phenoxy) is 1. The number of halogens is 1. The Labute approximate surface area is 163 Å². The fourth-order valence-electron chi connectivity index (χ4n) is 3.70. The summed E-state index contributed by atoms with van der Waals surface area (Å²) in [5.74, 6) is -0.172. The molecule has 0 fully saturated rings. The number of hydrogen-bond donors (Lipinski definition) is 2. The standard InChI is InChI=1S/C22H23FN2O3/c23-17-8-6-15(7-9-17)16-10-13-25(14-11-16)12-2-5-20-24-22(27)18-3-1-4-19(26)21(18)28-20/h1,3-4,6-10,20,26H,2,5,11-14H2,(H,24,27). The second-order valence-corrected chi connectivity index (χ2v) is 7.16. The van der Waals surface area contributed by atoms with E-state index in [1.165, 1.54) is 23.8 Å². The van der Waals surface area contributed by atoms with Gasteiger partial charge in [0.25, 0.3) is 5.91 Å². The molecule has 2 aromatic rings. The third-order valence-electron chi connectivity index (χ3n) is 5.24. The van der Waals surface area contributed by atoms with Gasteiger partial charge in [0.05, 0.1) is 5.56 Å². The summed E-state index contributed by atoms with van der Waals surface area (Å²) in [6, 6.07) is 11.4. The van der Waals surface area contributed by atoms with Gasteiger partial charge in [0.1, 0.15) is 5.82 Å². The minimum Gasteiger partial charge on any atom is -0.504 e. The molecule has 28 heavy (non-hydrogen) atoms. The largest absolute Gasteiger partial charge is 0.504 e. The molecule has 2 aromatic carbocycles. The molecule has 4 rings (SSSR count). The third kappa shape index (κ3) is 4.02. The molecule has 0 spiro atoms. The van der Waals surface area contributed by atoms with Gasteiger partial charge in [-0.25, -0.2) is 4.39 Å². The van der Waals surface area contributed by atoms with Crippen LogP contribution in [-0.2, 0) is 0 Å². The summed E-state index contributed by atoms with van der Waals surface area (Å²) in [7, 11) is 0. The van der Waals surface area contributed by atoms with Crippen molar-refractivity contribution in [2.24, 2.45) is 0 Å². The number of phenols is 1. The van der Waals surface area contributed by atoms with Gasteiger partial charge < -0.3 is 15.2 Å². The zero-order valence-electron chi connectivity index (χ0n) is 15.5. The van der Waals surface area contributed by atoms with Gasteiger partial charge in [0, 0.05) is 19.5 Å². The van der Waals surface area contributed by atoms with Crippen molar-refractivity contribution in [3.05, 3.63) is 65.5 Å². The molecule has 1 unspecified atom stereocenters. The lowest BCUT2D eigenvalue weighted by Crippen LogP contribution is -2.43. The predicted octanol–water partition coefficient (Wildman–Crippen LogP) is 3.55. The SMILES string of the molecule is O=C1NC(CCCN2CC=C(c3ccc(F)cc3)CC2)Oc2c(O)cccc21. The van der Waals surface area contributed by atoms with Gasteiger partial charge in [0.2, 0.25) is 0 Å². The van der Waals surface area contributed by atoms with Crippen LogP contribution in [0.2, 0.25) is 0 Å². The molecular weight excluding hydrogens is 359 g/mol. The van der Waals surface area contributed by atoms with E-state index >= 15 is 0 Å². The third-order valence-corrected chi connectivity index (χ3v) is 5.24. The van der Waals surface area contributed by atoms with Gasteiger partial charge in [-0.3, -0.25) is 9.69 Å². The number of amides is 1. The summed E-state index contributed by atoms with van der Waals surface area (Å²) in [6.45, 7) is 2.70. The predicted molar refractivity (Wildman–Crippen MR) is 105 cm³/mol. The van der Waals surface area contributed by atoms with Crippen LogP contribution in [0, 0.1) is 5.82 Å². The van der Waals surface area contributed by atoms with Gasteiger partial charge in [-0.15, -0.1) is 0 Å². The van der Waals surface area contributed by atoms with Crippen LogP contribution in [0.15, 0.2) is 48.5 Å². The van der Waals surface area contributed by atoms with Crippen molar-refractivity contribution in [3.8, 4) is 11.5 Å². The number of aromatic hydroxyl groups is 1. The number of fused-ring (bicyclic) bond motifs is 1. The first-order valence-corrected chi connectivity index (χ1v) is 9.57. The Morgan fingerprint density at radius 3 is 2.79 bits per heavy atom. The molecule has 0 aromatic heterocycles. The molecule has 0 aliphatic carbocycles. The Kier molecular flexibility index (Phi) is 5.30. The monoisotopic (exact) mass is 382 g/mol. The lowest BCUT2D eigenvalue weighted by atomic mass is 9.99. The quantitative estimate of drug-likeness (QED) is 0.830. The first-order valence-electron chi connectivity index (χ1n) is 9.57. The highest BCUT2D eigenvalue weighted by Crippen LogP contribution is 2.33. The van der Waals surface area contributed by atoms with Crippen LogP contribution in [0.4, 0.5) is 4.39 Å². The van der Waals surface area contributed by atoms with E-state index in [1.807, 2.05) is 12.1 Å². The van der Waals surface area contributed by atoms with E-state index in [2.05, 4.69) is 16.3 Å². The van der Waals surface area contributed by atoms with E-state index in [9.17, 15) is 14.3 Å². The number of carbonyl (C=O) groups is 1. The topological polar surface area (TPSA) is 61.8 Å². The number of rotatable bonds is 5. The van der Waals surface area contributed by atoms with Crippen molar-refractivity contribution in [1.29, 1.82) is 0 Å². The van der Waals surface area contributed by atoms with Crippen LogP contribution in [0.25, 0.3) is 5.57 Å². The maximum Gasteiger partial charge on any atom is 0.257 e. The summed E-state index contributed by atoms with van der Waals surface area (Å²) in [6.07, 6.45) is 4.24. The Hall–Kier alpha value is -2.86. The molecule has 1 atom stereocenters. The highest BCUT2D eigenvalue weighted by atomic mass is 19.1. The van der Waals surface area contributed by atoms with Gasteiger partial charge in [-0.05, 0) is 54.8 Å². The molecule has 1 amide bonds. The maximum atomic E-state index is 13.1. The van der Waals surface area contributed by atoms with Crippen molar-refractivity contribution in [1.82, 2.24) is 10.2 Å². The second kappa shape index (κ2) is 8.02. The van der Waals surface area contributed by atoms with E-state index in [0.29, 0.717) is 12.0 Å². The number of benzene rings is 2. The van der Waals surface area contributed by atoms with E-state index in [0.717, 1.165) is 38.0 Å². The first kappa shape index (κ1) is 18.5. The highest BCUT2D eigenvalue weighted by Gasteiger charge is 2.27. The molecule has 0 saturated carbocycles. The lowest BCUT2D eigenvalue weighted by Gasteiger charge is -2.29. The van der Waals surface area contributed by atoms with Gasteiger partial charge in [-0.1, -0.05) is 24.3 Å². The molecule has 0 bridgehead atoms. The van der Waals surface area contributed by atoms with E-state index < -0.39 is 6.23 Å². The summed E-state index contributed by atoms with van der Waals surface area (Å²) in [5, 5.41) is 12.8. The summed E-state index contributed by atoms with van der Waals surface area (Å²) >= 11 is 0. The van der Waals surface area contributed by atoms with Crippen LogP contribution in [0.5, 0.6) is 11.5 Å². The molecule has 2 aliphatic rings. The van der Waals surface area contributed by atoms with E-state index in [1.54, 1.807) is 12.1 Å². The fourth-order valence-corrected chi connectivity index (χ4v) is 3.70. The van der Waals surface area contributed by atoms with Crippen LogP contribution in [-0.4, -0.2) is 41.8 Å². The van der Waals surface area contributed by atoms with Gasteiger partial charge >= 0.3 is 0 Å². The zero-order valence-corrected chi connectivity index (χ0v) is 15.5. The van der Waals surface area contributed by atoms with Crippen molar-refractivity contribution in [2.45, 2.75) is 25.5 Å².